The van der Waals surface area contributed by atoms with Gasteiger partial charge in [0, 0.05) is 12.3 Å². The molecule has 0 heterocycles. The molecule has 4 heteroatoms. The summed E-state index contributed by atoms with van der Waals surface area (Å²) in [7, 11) is 0. The molecule has 0 aromatic rings. The SMILES string of the molecule is CC(=O)C(C)CC(Cl)(Cl)Cl. The van der Waals surface area contributed by atoms with Gasteiger partial charge >= 0.3 is 0 Å². The summed E-state index contributed by atoms with van der Waals surface area (Å²) in [6.07, 6.45) is 0.285. The van der Waals surface area contributed by atoms with Crippen LogP contribution >= 0.6 is 34.8 Å². The van der Waals surface area contributed by atoms with Gasteiger partial charge in [0.25, 0.3) is 0 Å². The molecule has 1 atom stereocenters. The number of rotatable bonds is 2. The third-order valence-corrected chi connectivity index (χ3v) is 1.69. The first-order valence-corrected chi connectivity index (χ1v) is 4.03. The van der Waals surface area contributed by atoms with Crippen molar-refractivity contribution in [3.05, 3.63) is 0 Å². The maximum absolute atomic E-state index is 10.6. The Morgan fingerprint density at radius 1 is 1.50 bits per heavy atom. The van der Waals surface area contributed by atoms with Crippen LogP contribution in [0, 0.1) is 5.92 Å². The highest BCUT2D eigenvalue weighted by Crippen LogP contribution is 2.33. The Labute approximate surface area is 75.6 Å². The standard InChI is InChI=1S/C6H9Cl3O/c1-4(5(2)10)3-6(7,8)9/h4H,3H2,1-2H3. The Bertz CT molecular complexity index is 127. The zero-order valence-corrected chi connectivity index (χ0v) is 8.09. The minimum Gasteiger partial charge on any atom is -0.300 e. The van der Waals surface area contributed by atoms with Gasteiger partial charge in [0.2, 0.25) is 0 Å². The van der Waals surface area contributed by atoms with Gasteiger partial charge in [-0.05, 0) is 6.92 Å². The summed E-state index contributed by atoms with van der Waals surface area (Å²) < 4.78 is -1.30. The van der Waals surface area contributed by atoms with Crippen molar-refractivity contribution in [2.24, 2.45) is 5.92 Å². The van der Waals surface area contributed by atoms with Gasteiger partial charge in [-0.2, -0.15) is 0 Å². The number of Topliss-reactive ketones (excluding diaryl/α,β-unsaturated/α-hetero) is 1. The van der Waals surface area contributed by atoms with E-state index in [2.05, 4.69) is 0 Å². The maximum atomic E-state index is 10.6. The van der Waals surface area contributed by atoms with E-state index in [0.717, 1.165) is 0 Å². The molecule has 0 bridgehead atoms. The lowest BCUT2D eigenvalue weighted by Crippen LogP contribution is -2.15. The zero-order valence-electron chi connectivity index (χ0n) is 5.83. The minimum absolute atomic E-state index is 0.0475. The van der Waals surface area contributed by atoms with Gasteiger partial charge in [0.1, 0.15) is 5.78 Å². The van der Waals surface area contributed by atoms with E-state index in [1.54, 1.807) is 6.92 Å². The van der Waals surface area contributed by atoms with Crippen molar-refractivity contribution >= 4 is 40.6 Å². The number of hydrogen-bond acceptors (Lipinski definition) is 1. The van der Waals surface area contributed by atoms with Crippen LogP contribution in [0.15, 0.2) is 0 Å². The smallest absolute Gasteiger partial charge is 0.191 e. The molecule has 10 heavy (non-hydrogen) atoms. The number of hydrogen-bond donors (Lipinski definition) is 0. The largest absolute Gasteiger partial charge is 0.300 e. The summed E-state index contributed by atoms with van der Waals surface area (Å²) in [5.41, 5.74) is 0. The fourth-order valence-corrected chi connectivity index (χ4v) is 1.19. The molecular formula is C6H9Cl3O. The Balaban J connectivity index is 3.80. The third-order valence-electron chi connectivity index (χ3n) is 1.23. The molecule has 0 aromatic carbocycles. The molecule has 1 unspecified atom stereocenters. The number of carbonyl (C=O) groups excluding carboxylic acids is 1. The fraction of sp³-hybridized carbons (Fsp3) is 0.833. The number of halogens is 3. The molecule has 60 valence electrons. The molecule has 0 aliphatic carbocycles. The van der Waals surface area contributed by atoms with Crippen LogP contribution in [-0.2, 0) is 4.79 Å². The molecule has 0 N–H and O–H groups in total. The third kappa shape index (κ3) is 5.33. The summed E-state index contributed by atoms with van der Waals surface area (Å²) in [5, 5.41) is 0. The second kappa shape index (κ2) is 3.80. The van der Waals surface area contributed by atoms with Crippen LogP contribution in [-0.4, -0.2) is 9.58 Å². The highest BCUT2D eigenvalue weighted by atomic mass is 35.6. The second-order valence-corrected chi connectivity index (χ2v) is 4.85. The van der Waals surface area contributed by atoms with E-state index >= 15 is 0 Å². The topological polar surface area (TPSA) is 17.1 Å². The Morgan fingerprint density at radius 3 is 2.00 bits per heavy atom. The first-order chi connectivity index (χ1) is 4.33. The van der Waals surface area contributed by atoms with Gasteiger partial charge in [0.05, 0.1) is 0 Å². The molecule has 0 aliphatic heterocycles. The Kier molecular flexibility index (Phi) is 4.00. The van der Waals surface area contributed by atoms with Crippen LogP contribution in [0.2, 0.25) is 0 Å². The molecule has 0 fully saturated rings. The van der Waals surface area contributed by atoms with Crippen LogP contribution in [0.4, 0.5) is 0 Å². The van der Waals surface area contributed by atoms with Crippen molar-refractivity contribution in [2.45, 2.75) is 24.1 Å². The first-order valence-electron chi connectivity index (χ1n) is 2.90. The molecule has 0 saturated carbocycles. The molecular weight excluding hydrogens is 194 g/mol. The predicted octanol–water partition coefficient (Wildman–Crippen LogP) is 2.97. The number of ketones is 1. The highest BCUT2D eigenvalue weighted by molar-refractivity contribution is 6.67. The average molecular weight is 203 g/mol. The zero-order chi connectivity index (χ0) is 8.36. The van der Waals surface area contributed by atoms with E-state index in [1.807, 2.05) is 0 Å². The summed E-state index contributed by atoms with van der Waals surface area (Å²) in [6, 6.07) is 0. The van der Waals surface area contributed by atoms with Crippen LogP contribution < -0.4 is 0 Å². The van der Waals surface area contributed by atoms with Crippen LogP contribution in [0.25, 0.3) is 0 Å². The Hall–Kier alpha value is 0.540. The minimum atomic E-state index is -1.30. The van der Waals surface area contributed by atoms with Crippen molar-refractivity contribution in [1.29, 1.82) is 0 Å². The summed E-state index contributed by atoms with van der Waals surface area (Å²) in [5.74, 6) is -0.126. The van der Waals surface area contributed by atoms with E-state index in [1.165, 1.54) is 6.92 Å². The van der Waals surface area contributed by atoms with Crippen LogP contribution in [0.3, 0.4) is 0 Å². The highest BCUT2D eigenvalue weighted by Gasteiger charge is 2.24. The van der Waals surface area contributed by atoms with Crippen molar-refractivity contribution in [1.82, 2.24) is 0 Å². The molecule has 0 radical (unpaired) electrons. The van der Waals surface area contributed by atoms with E-state index in [-0.39, 0.29) is 18.1 Å². The lowest BCUT2D eigenvalue weighted by atomic mass is 10.1. The lowest BCUT2D eigenvalue weighted by molar-refractivity contribution is -0.120. The monoisotopic (exact) mass is 202 g/mol. The van der Waals surface area contributed by atoms with Crippen LogP contribution in [0.5, 0.6) is 0 Å². The van der Waals surface area contributed by atoms with Crippen molar-refractivity contribution in [3.8, 4) is 0 Å². The van der Waals surface area contributed by atoms with Crippen molar-refractivity contribution < 1.29 is 4.79 Å². The maximum Gasteiger partial charge on any atom is 0.191 e. The summed E-state index contributed by atoms with van der Waals surface area (Å²) >= 11 is 16.4. The Morgan fingerprint density at radius 2 is 1.90 bits per heavy atom. The molecule has 0 rings (SSSR count). The van der Waals surface area contributed by atoms with E-state index in [0.29, 0.717) is 0 Å². The van der Waals surface area contributed by atoms with Crippen LogP contribution in [0.1, 0.15) is 20.3 Å². The van der Waals surface area contributed by atoms with Gasteiger partial charge in [-0.1, -0.05) is 41.7 Å². The fourth-order valence-electron chi connectivity index (χ4n) is 0.491. The number of alkyl halides is 3. The quantitative estimate of drug-likeness (QED) is 0.631. The van der Waals surface area contributed by atoms with E-state index < -0.39 is 3.79 Å². The van der Waals surface area contributed by atoms with Gasteiger partial charge in [0.15, 0.2) is 3.79 Å². The predicted molar refractivity (Wildman–Crippen MR) is 44.8 cm³/mol. The lowest BCUT2D eigenvalue weighted by Gasteiger charge is -2.13. The summed E-state index contributed by atoms with van der Waals surface area (Å²) in [4.78, 5) is 10.6. The first kappa shape index (κ1) is 10.5. The molecule has 0 amide bonds. The van der Waals surface area contributed by atoms with Gasteiger partial charge < -0.3 is 0 Å². The van der Waals surface area contributed by atoms with E-state index in [4.69, 9.17) is 34.8 Å². The van der Waals surface area contributed by atoms with Gasteiger partial charge in [-0.3, -0.25) is 4.79 Å². The molecule has 0 aromatic heterocycles. The van der Waals surface area contributed by atoms with Crippen molar-refractivity contribution in [2.75, 3.05) is 0 Å². The summed E-state index contributed by atoms with van der Waals surface area (Å²) in [6.45, 7) is 3.23. The molecule has 0 saturated heterocycles. The normalized spacial score (nSPS) is 14.9. The van der Waals surface area contributed by atoms with E-state index in [9.17, 15) is 4.79 Å². The number of carbonyl (C=O) groups is 1. The second-order valence-electron chi connectivity index (χ2n) is 2.33. The van der Waals surface area contributed by atoms with Crippen molar-refractivity contribution in [3.63, 3.8) is 0 Å². The molecule has 0 spiro atoms. The molecule has 0 aliphatic rings. The van der Waals surface area contributed by atoms with Gasteiger partial charge in [-0.25, -0.2) is 0 Å². The average Bonchev–Trinajstić information content (AvgIpc) is 1.60. The molecule has 1 nitrogen and oxygen atoms in total. The van der Waals surface area contributed by atoms with Gasteiger partial charge in [-0.15, -0.1) is 0 Å².